The predicted molar refractivity (Wildman–Crippen MR) is 120 cm³/mol. The molecule has 0 amide bonds. The standard InChI is InChI=1S/C25H27N3O4/c1-3-15-32-22-8-5-7-21-23(22)24(29)20(25(30)31-4-2)17-27(21)16-18-9-11-19(12-10-18)28-14-6-13-26-28/h3,5-7,9-14,20,22H,1,4,8,15-17H2,2H3. The molecule has 7 nitrogen and oxygen atoms in total. The van der Waals surface area contributed by atoms with Crippen LogP contribution in [0, 0.1) is 5.92 Å². The number of carbonyl (C=O) groups excluding carboxylic acids is 2. The van der Waals surface area contributed by atoms with Gasteiger partial charge in [-0.2, -0.15) is 5.10 Å². The number of ether oxygens (including phenoxy) is 2. The zero-order valence-electron chi connectivity index (χ0n) is 18.1. The van der Waals surface area contributed by atoms with Crippen molar-refractivity contribution in [2.24, 2.45) is 5.92 Å². The molecule has 0 fully saturated rings. The number of nitrogens with zero attached hydrogens (tertiary/aromatic N) is 3. The van der Waals surface area contributed by atoms with E-state index < -0.39 is 18.0 Å². The summed E-state index contributed by atoms with van der Waals surface area (Å²) < 4.78 is 12.9. The van der Waals surface area contributed by atoms with Gasteiger partial charge in [0.1, 0.15) is 5.92 Å². The summed E-state index contributed by atoms with van der Waals surface area (Å²) in [4.78, 5) is 28.0. The number of carbonyl (C=O) groups is 2. The molecule has 0 radical (unpaired) electrons. The van der Waals surface area contributed by atoms with Crippen LogP contribution in [0.25, 0.3) is 5.69 Å². The molecule has 166 valence electrons. The summed E-state index contributed by atoms with van der Waals surface area (Å²) in [5, 5.41) is 4.25. The molecule has 2 heterocycles. The number of hydrogen-bond acceptors (Lipinski definition) is 6. The van der Waals surface area contributed by atoms with Gasteiger partial charge in [-0.3, -0.25) is 9.59 Å². The predicted octanol–water partition coefficient (Wildman–Crippen LogP) is 3.22. The number of ketones is 1. The van der Waals surface area contributed by atoms with Gasteiger partial charge in [-0.25, -0.2) is 4.68 Å². The van der Waals surface area contributed by atoms with E-state index in [-0.39, 0.29) is 18.9 Å². The molecule has 32 heavy (non-hydrogen) atoms. The molecule has 0 N–H and O–H groups in total. The van der Waals surface area contributed by atoms with E-state index in [4.69, 9.17) is 9.47 Å². The van der Waals surface area contributed by atoms with Crippen molar-refractivity contribution in [2.75, 3.05) is 19.8 Å². The molecule has 0 bridgehead atoms. The van der Waals surface area contributed by atoms with Crippen LogP contribution < -0.4 is 0 Å². The molecule has 0 spiro atoms. The molecule has 4 rings (SSSR count). The third kappa shape index (κ3) is 4.43. The molecule has 7 heteroatoms. The lowest BCUT2D eigenvalue weighted by Crippen LogP contribution is -2.46. The first kappa shape index (κ1) is 21.8. The van der Waals surface area contributed by atoms with Gasteiger partial charge in [0.05, 0.1) is 25.0 Å². The normalized spacial score (nSPS) is 20.3. The number of rotatable bonds is 8. The Hall–Kier alpha value is -3.45. The van der Waals surface area contributed by atoms with Crippen LogP contribution in [-0.4, -0.2) is 52.3 Å². The minimum atomic E-state index is -0.863. The van der Waals surface area contributed by atoms with E-state index >= 15 is 0 Å². The summed E-state index contributed by atoms with van der Waals surface area (Å²) in [6.07, 6.45) is 9.44. The average molecular weight is 434 g/mol. The van der Waals surface area contributed by atoms with Crippen molar-refractivity contribution in [3.05, 3.63) is 84.4 Å². The summed E-state index contributed by atoms with van der Waals surface area (Å²) in [5.74, 6) is -1.55. The summed E-state index contributed by atoms with van der Waals surface area (Å²) in [5.41, 5.74) is 3.39. The summed E-state index contributed by atoms with van der Waals surface area (Å²) in [6.45, 7) is 6.84. The third-order valence-electron chi connectivity index (χ3n) is 5.61. The molecule has 1 aromatic heterocycles. The van der Waals surface area contributed by atoms with Crippen molar-refractivity contribution in [3.8, 4) is 5.69 Å². The third-order valence-corrected chi connectivity index (χ3v) is 5.61. The second-order valence-corrected chi connectivity index (χ2v) is 7.71. The van der Waals surface area contributed by atoms with Crippen molar-refractivity contribution >= 4 is 11.8 Å². The van der Waals surface area contributed by atoms with Crippen molar-refractivity contribution in [3.63, 3.8) is 0 Å². The van der Waals surface area contributed by atoms with Gasteiger partial charge in [0.2, 0.25) is 0 Å². The topological polar surface area (TPSA) is 73.7 Å². The highest BCUT2D eigenvalue weighted by Crippen LogP contribution is 2.34. The van der Waals surface area contributed by atoms with Crippen molar-refractivity contribution in [1.29, 1.82) is 0 Å². The Morgan fingerprint density at radius 1 is 1.31 bits per heavy atom. The van der Waals surface area contributed by atoms with Gasteiger partial charge in [0, 0.05) is 36.8 Å². The van der Waals surface area contributed by atoms with Gasteiger partial charge in [-0.05, 0) is 43.2 Å². The van der Waals surface area contributed by atoms with Crippen LogP contribution >= 0.6 is 0 Å². The van der Waals surface area contributed by atoms with E-state index in [1.165, 1.54) is 0 Å². The van der Waals surface area contributed by atoms with Crippen molar-refractivity contribution < 1.29 is 19.1 Å². The molecule has 2 unspecified atom stereocenters. The fraction of sp³-hybridized carbons (Fsp3) is 0.320. The Morgan fingerprint density at radius 3 is 2.81 bits per heavy atom. The Bertz CT molecular complexity index is 1040. The Morgan fingerprint density at radius 2 is 2.12 bits per heavy atom. The Kier molecular flexibility index (Phi) is 6.66. The quantitative estimate of drug-likeness (QED) is 0.362. The molecule has 2 atom stereocenters. The first-order valence-electron chi connectivity index (χ1n) is 10.8. The van der Waals surface area contributed by atoms with Gasteiger partial charge in [-0.1, -0.05) is 24.3 Å². The van der Waals surface area contributed by atoms with E-state index in [0.717, 1.165) is 16.9 Å². The van der Waals surface area contributed by atoms with Crippen LogP contribution in [0.15, 0.2) is 78.8 Å². The van der Waals surface area contributed by atoms with Gasteiger partial charge in [0.25, 0.3) is 0 Å². The van der Waals surface area contributed by atoms with E-state index in [1.807, 2.05) is 48.7 Å². The van der Waals surface area contributed by atoms with Crippen LogP contribution in [0.3, 0.4) is 0 Å². The van der Waals surface area contributed by atoms with E-state index in [9.17, 15) is 9.59 Å². The molecule has 1 aliphatic heterocycles. The summed E-state index contributed by atoms with van der Waals surface area (Å²) in [6, 6.07) is 9.95. The number of benzene rings is 1. The number of esters is 1. The first-order valence-corrected chi connectivity index (χ1v) is 10.8. The summed E-state index contributed by atoms with van der Waals surface area (Å²) >= 11 is 0. The smallest absolute Gasteiger partial charge is 0.318 e. The SMILES string of the molecule is C=CCOC1CC=CC2=C1C(=O)C(C(=O)OCC)CN2Cc1ccc(-n2cccn2)cc1. The molecular weight excluding hydrogens is 406 g/mol. The maximum atomic E-state index is 13.3. The van der Waals surface area contributed by atoms with Crippen LogP contribution in [0.5, 0.6) is 0 Å². The highest BCUT2D eigenvalue weighted by molar-refractivity contribution is 6.10. The minimum absolute atomic E-state index is 0.206. The van der Waals surface area contributed by atoms with Crippen molar-refractivity contribution in [2.45, 2.75) is 26.0 Å². The largest absolute Gasteiger partial charge is 0.465 e. The number of allylic oxidation sites excluding steroid dienone is 1. The Balaban J connectivity index is 1.63. The summed E-state index contributed by atoms with van der Waals surface area (Å²) in [7, 11) is 0. The van der Waals surface area contributed by atoms with Crippen LogP contribution in [-0.2, 0) is 25.6 Å². The first-order chi connectivity index (χ1) is 15.6. The number of Topliss-reactive ketones (excluding diaryl/α,β-unsaturated/α-hetero) is 1. The monoisotopic (exact) mass is 433 g/mol. The number of hydrogen-bond donors (Lipinski definition) is 0. The lowest BCUT2D eigenvalue weighted by molar-refractivity contribution is -0.152. The van der Waals surface area contributed by atoms with Crippen molar-refractivity contribution in [1.82, 2.24) is 14.7 Å². The number of aromatic nitrogens is 2. The zero-order chi connectivity index (χ0) is 22.5. The fourth-order valence-corrected chi connectivity index (χ4v) is 4.13. The molecule has 1 aliphatic carbocycles. The van der Waals surface area contributed by atoms with Crippen LogP contribution in [0.1, 0.15) is 18.9 Å². The minimum Gasteiger partial charge on any atom is -0.465 e. The zero-order valence-corrected chi connectivity index (χ0v) is 18.1. The molecular formula is C25H27N3O4. The highest BCUT2D eigenvalue weighted by Gasteiger charge is 2.42. The Labute approximate surface area is 187 Å². The van der Waals surface area contributed by atoms with Gasteiger partial charge in [-0.15, -0.1) is 6.58 Å². The van der Waals surface area contributed by atoms with Gasteiger partial charge < -0.3 is 14.4 Å². The average Bonchev–Trinajstić information content (AvgIpc) is 3.35. The molecule has 2 aliphatic rings. The fourth-order valence-electron chi connectivity index (χ4n) is 4.13. The highest BCUT2D eigenvalue weighted by atomic mass is 16.5. The maximum absolute atomic E-state index is 13.3. The van der Waals surface area contributed by atoms with E-state index in [0.29, 0.717) is 25.1 Å². The van der Waals surface area contributed by atoms with Crippen LogP contribution in [0.2, 0.25) is 0 Å². The lowest BCUT2D eigenvalue weighted by Gasteiger charge is -2.39. The van der Waals surface area contributed by atoms with Gasteiger partial charge in [0.15, 0.2) is 5.78 Å². The van der Waals surface area contributed by atoms with Gasteiger partial charge >= 0.3 is 5.97 Å². The molecule has 1 aromatic carbocycles. The lowest BCUT2D eigenvalue weighted by atomic mass is 9.84. The molecule has 0 saturated carbocycles. The second kappa shape index (κ2) is 9.78. The van der Waals surface area contributed by atoms with E-state index in [1.54, 1.807) is 23.9 Å². The molecule has 2 aromatic rings. The maximum Gasteiger partial charge on any atom is 0.318 e. The molecule has 0 saturated heterocycles. The van der Waals surface area contributed by atoms with Crippen LogP contribution in [0.4, 0.5) is 0 Å². The second-order valence-electron chi connectivity index (χ2n) is 7.71. The van der Waals surface area contributed by atoms with E-state index in [2.05, 4.69) is 16.6 Å².